The lowest BCUT2D eigenvalue weighted by molar-refractivity contribution is 0.109. The molecule has 0 aromatic rings. The van der Waals surface area contributed by atoms with Crippen molar-refractivity contribution in [3.8, 4) is 0 Å². The first-order chi connectivity index (χ1) is 7.33. The van der Waals surface area contributed by atoms with Gasteiger partial charge in [-0.15, -0.1) is 6.58 Å². The van der Waals surface area contributed by atoms with Gasteiger partial charge in [-0.05, 0) is 39.0 Å². The van der Waals surface area contributed by atoms with E-state index in [1.807, 2.05) is 6.08 Å². The normalized spacial score (nSPS) is 15.8. The maximum Gasteiger partial charge on any atom is 0.0474 e. The molecule has 0 heterocycles. The van der Waals surface area contributed by atoms with Gasteiger partial charge in [-0.2, -0.15) is 0 Å². The molecule has 16 heavy (non-hydrogen) atoms. The second-order valence-corrected chi connectivity index (χ2v) is 5.82. The van der Waals surface area contributed by atoms with Crippen LogP contribution in [0.4, 0.5) is 0 Å². The Hall–Kier alpha value is -0.340. The lowest BCUT2D eigenvalue weighted by atomic mass is 9.86. The predicted molar refractivity (Wildman–Crippen MR) is 71.8 cm³/mol. The van der Waals surface area contributed by atoms with Gasteiger partial charge in [-0.25, -0.2) is 0 Å². The van der Waals surface area contributed by atoms with Gasteiger partial charge in [0.05, 0.1) is 0 Å². The molecular weight excluding hydrogens is 198 g/mol. The molecule has 1 unspecified atom stereocenters. The summed E-state index contributed by atoms with van der Waals surface area (Å²) in [6.45, 7) is 17.5. The zero-order valence-electron chi connectivity index (χ0n) is 11.7. The van der Waals surface area contributed by atoms with Crippen molar-refractivity contribution in [1.29, 1.82) is 0 Å². The number of ether oxygens (including phenoxy) is 1. The first kappa shape index (κ1) is 15.7. The molecule has 0 aliphatic rings. The van der Waals surface area contributed by atoms with E-state index in [1.165, 1.54) is 0 Å². The van der Waals surface area contributed by atoms with Gasteiger partial charge >= 0.3 is 0 Å². The molecule has 0 saturated heterocycles. The number of hydrogen-bond donors (Lipinski definition) is 1. The average molecular weight is 227 g/mol. The van der Waals surface area contributed by atoms with Crippen LogP contribution >= 0.6 is 0 Å². The Labute approximate surface area is 101 Å². The molecule has 1 N–H and O–H groups in total. The minimum Gasteiger partial charge on any atom is -0.381 e. The van der Waals surface area contributed by atoms with Crippen LogP contribution in [-0.4, -0.2) is 25.3 Å². The van der Waals surface area contributed by atoms with Crippen LogP contribution in [0.15, 0.2) is 12.7 Å². The first-order valence-corrected chi connectivity index (χ1v) is 6.29. The molecule has 0 bridgehead atoms. The van der Waals surface area contributed by atoms with Crippen LogP contribution in [0, 0.1) is 5.41 Å². The lowest BCUT2D eigenvalue weighted by Gasteiger charge is -2.31. The van der Waals surface area contributed by atoms with Crippen molar-refractivity contribution in [1.82, 2.24) is 5.32 Å². The molecule has 96 valence electrons. The summed E-state index contributed by atoms with van der Waals surface area (Å²) < 4.78 is 5.54. The maximum atomic E-state index is 5.54. The predicted octanol–water partition coefficient (Wildman–Crippen LogP) is 3.38. The summed E-state index contributed by atoms with van der Waals surface area (Å²) in [7, 11) is 0. The average Bonchev–Trinajstić information content (AvgIpc) is 2.21. The molecule has 0 spiro atoms. The van der Waals surface area contributed by atoms with Crippen LogP contribution in [-0.2, 0) is 4.74 Å². The van der Waals surface area contributed by atoms with Crippen molar-refractivity contribution in [2.75, 3.05) is 19.8 Å². The van der Waals surface area contributed by atoms with Gasteiger partial charge in [-0.3, -0.25) is 0 Å². The van der Waals surface area contributed by atoms with Crippen LogP contribution in [0.1, 0.15) is 47.5 Å². The molecule has 0 radical (unpaired) electrons. The van der Waals surface area contributed by atoms with Gasteiger partial charge < -0.3 is 10.1 Å². The molecule has 0 saturated carbocycles. The van der Waals surface area contributed by atoms with Crippen LogP contribution in [0.2, 0.25) is 0 Å². The van der Waals surface area contributed by atoms with Crippen molar-refractivity contribution in [2.45, 2.75) is 53.0 Å². The summed E-state index contributed by atoms with van der Waals surface area (Å²) in [5.41, 5.74) is 0.287. The van der Waals surface area contributed by atoms with Gasteiger partial charge in [0.15, 0.2) is 0 Å². The fourth-order valence-corrected chi connectivity index (χ4v) is 1.28. The minimum absolute atomic E-state index is 0.126. The monoisotopic (exact) mass is 227 g/mol. The van der Waals surface area contributed by atoms with Crippen molar-refractivity contribution in [3.05, 3.63) is 12.7 Å². The maximum absolute atomic E-state index is 5.54. The first-order valence-electron chi connectivity index (χ1n) is 6.29. The summed E-state index contributed by atoms with van der Waals surface area (Å²) in [6, 6.07) is 0. The smallest absolute Gasteiger partial charge is 0.0474 e. The van der Waals surface area contributed by atoms with Gasteiger partial charge in [0.1, 0.15) is 0 Å². The molecule has 0 fully saturated rings. The summed E-state index contributed by atoms with van der Waals surface area (Å²) in [6.07, 6.45) is 4.16. The molecular formula is C14H29NO. The Morgan fingerprint density at radius 2 is 1.81 bits per heavy atom. The van der Waals surface area contributed by atoms with Crippen molar-refractivity contribution in [2.24, 2.45) is 5.41 Å². The third-order valence-electron chi connectivity index (χ3n) is 2.68. The fourth-order valence-electron chi connectivity index (χ4n) is 1.28. The number of hydrogen-bond acceptors (Lipinski definition) is 2. The zero-order chi connectivity index (χ0) is 12.7. The second-order valence-electron chi connectivity index (χ2n) is 5.82. The highest BCUT2D eigenvalue weighted by atomic mass is 16.5. The quantitative estimate of drug-likeness (QED) is 0.507. The van der Waals surface area contributed by atoms with E-state index in [-0.39, 0.29) is 11.0 Å². The zero-order valence-corrected chi connectivity index (χ0v) is 11.7. The summed E-state index contributed by atoms with van der Waals surface area (Å²) in [5, 5.41) is 3.53. The van der Waals surface area contributed by atoms with Crippen molar-refractivity contribution < 1.29 is 4.74 Å². The van der Waals surface area contributed by atoms with Crippen LogP contribution in [0.5, 0.6) is 0 Å². The Bertz CT molecular complexity index is 195. The SMILES string of the molecule is C=CC(C)(CCOCCC)CNC(C)(C)C. The Morgan fingerprint density at radius 3 is 2.25 bits per heavy atom. The third kappa shape index (κ3) is 7.89. The van der Waals surface area contributed by atoms with Crippen LogP contribution in [0.25, 0.3) is 0 Å². The highest BCUT2D eigenvalue weighted by Gasteiger charge is 2.22. The molecule has 0 amide bonds. The van der Waals surface area contributed by atoms with Gasteiger partial charge in [0.2, 0.25) is 0 Å². The van der Waals surface area contributed by atoms with Crippen molar-refractivity contribution >= 4 is 0 Å². The molecule has 0 aromatic heterocycles. The molecule has 0 rings (SSSR count). The van der Waals surface area contributed by atoms with Gasteiger partial charge in [0.25, 0.3) is 0 Å². The molecule has 0 aliphatic carbocycles. The van der Waals surface area contributed by atoms with E-state index < -0.39 is 0 Å². The van der Waals surface area contributed by atoms with Crippen LogP contribution in [0.3, 0.4) is 0 Å². The molecule has 0 aliphatic heterocycles. The number of nitrogens with one attached hydrogen (secondary N) is 1. The minimum atomic E-state index is 0.126. The highest BCUT2D eigenvalue weighted by molar-refractivity contribution is 4.94. The summed E-state index contributed by atoms with van der Waals surface area (Å²) in [4.78, 5) is 0. The second kappa shape index (κ2) is 7.08. The standard InChI is InChI=1S/C14H29NO/c1-7-10-16-11-9-14(6,8-2)12-15-13(3,4)5/h8,15H,2,7,9-12H2,1,3-6H3. The highest BCUT2D eigenvalue weighted by Crippen LogP contribution is 2.22. The summed E-state index contributed by atoms with van der Waals surface area (Å²) in [5.74, 6) is 0. The van der Waals surface area contributed by atoms with Crippen molar-refractivity contribution in [3.63, 3.8) is 0 Å². The molecule has 1 atom stereocenters. The fraction of sp³-hybridized carbons (Fsp3) is 0.857. The molecule has 0 aromatic carbocycles. The lowest BCUT2D eigenvalue weighted by Crippen LogP contribution is -2.42. The van der Waals surface area contributed by atoms with E-state index in [4.69, 9.17) is 4.74 Å². The third-order valence-corrected chi connectivity index (χ3v) is 2.68. The van der Waals surface area contributed by atoms with E-state index in [0.29, 0.717) is 0 Å². The summed E-state index contributed by atoms with van der Waals surface area (Å²) >= 11 is 0. The van der Waals surface area contributed by atoms with Crippen LogP contribution < -0.4 is 5.32 Å². The molecule has 2 heteroatoms. The van der Waals surface area contributed by atoms with E-state index in [1.54, 1.807) is 0 Å². The van der Waals surface area contributed by atoms with Gasteiger partial charge in [0, 0.05) is 25.3 Å². The van der Waals surface area contributed by atoms with E-state index in [9.17, 15) is 0 Å². The Kier molecular flexibility index (Phi) is 6.93. The Balaban J connectivity index is 3.96. The van der Waals surface area contributed by atoms with E-state index in [0.717, 1.165) is 32.6 Å². The number of rotatable bonds is 8. The largest absolute Gasteiger partial charge is 0.381 e. The topological polar surface area (TPSA) is 21.3 Å². The van der Waals surface area contributed by atoms with E-state index >= 15 is 0 Å². The van der Waals surface area contributed by atoms with E-state index in [2.05, 4.69) is 46.5 Å². The Morgan fingerprint density at radius 1 is 1.19 bits per heavy atom. The molecule has 2 nitrogen and oxygen atoms in total. The van der Waals surface area contributed by atoms with Gasteiger partial charge in [-0.1, -0.05) is 19.9 Å².